The number of carboxylic acids is 1. The molecule has 0 fully saturated rings. The van der Waals surface area contributed by atoms with E-state index in [1.807, 2.05) is 48.5 Å². The maximum Gasteiger partial charge on any atom is 0.407 e. The van der Waals surface area contributed by atoms with Gasteiger partial charge >= 0.3 is 12.1 Å². The number of carbonyl (C=O) groups excluding carboxylic acids is 2. The molecule has 0 heterocycles. The largest absolute Gasteiger partial charge is 0.479 e. The second-order valence-corrected chi connectivity index (χ2v) is 7.89. The van der Waals surface area contributed by atoms with Gasteiger partial charge in [-0.15, -0.1) is 0 Å². The van der Waals surface area contributed by atoms with Gasteiger partial charge in [-0.2, -0.15) is 0 Å². The summed E-state index contributed by atoms with van der Waals surface area (Å²) in [5, 5.41) is 23.2. The third-order valence-corrected chi connectivity index (χ3v) is 5.53. The fourth-order valence-electron chi connectivity index (χ4n) is 3.53. The van der Waals surface area contributed by atoms with Crippen molar-refractivity contribution in [1.82, 2.24) is 10.6 Å². The predicted octanol–water partition coefficient (Wildman–Crippen LogP) is 2.11. The number of benzene rings is 2. The number of hydrogen-bond donors (Lipinski definition) is 4. The number of aliphatic hydroxyl groups is 1. The zero-order valence-electron chi connectivity index (χ0n) is 17.4. The van der Waals surface area contributed by atoms with Crippen LogP contribution >= 0.6 is 0 Å². The summed E-state index contributed by atoms with van der Waals surface area (Å²) in [4.78, 5) is 35.6. The molecule has 3 rings (SSSR count). The number of amides is 2. The Morgan fingerprint density at radius 2 is 1.61 bits per heavy atom. The van der Waals surface area contributed by atoms with Crippen LogP contribution < -0.4 is 10.6 Å². The van der Waals surface area contributed by atoms with E-state index in [2.05, 4.69) is 10.6 Å². The Morgan fingerprint density at radius 3 is 2.13 bits per heavy atom. The smallest absolute Gasteiger partial charge is 0.407 e. The zero-order chi connectivity index (χ0) is 22.6. The van der Waals surface area contributed by atoms with Crippen molar-refractivity contribution in [2.75, 3.05) is 19.8 Å². The highest BCUT2D eigenvalue weighted by Crippen LogP contribution is 2.44. The molecule has 0 aromatic heterocycles. The van der Waals surface area contributed by atoms with Gasteiger partial charge in [-0.1, -0.05) is 55.5 Å². The second kappa shape index (κ2) is 9.18. The van der Waals surface area contributed by atoms with Gasteiger partial charge in [-0.25, -0.2) is 9.59 Å². The van der Waals surface area contributed by atoms with Gasteiger partial charge in [0.05, 0.1) is 12.5 Å². The molecular formula is C23H26N2O6. The van der Waals surface area contributed by atoms with Gasteiger partial charge in [0.1, 0.15) is 6.61 Å². The van der Waals surface area contributed by atoms with Gasteiger partial charge in [0.2, 0.25) is 5.91 Å². The van der Waals surface area contributed by atoms with E-state index >= 15 is 0 Å². The van der Waals surface area contributed by atoms with Crippen LogP contribution in [0.1, 0.15) is 30.9 Å². The molecule has 4 N–H and O–H groups in total. The van der Waals surface area contributed by atoms with E-state index in [0.29, 0.717) is 0 Å². The molecule has 2 atom stereocenters. The molecule has 0 bridgehead atoms. The minimum atomic E-state index is -1.78. The number of hydrogen-bond acceptors (Lipinski definition) is 5. The van der Waals surface area contributed by atoms with Crippen molar-refractivity contribution in [1.29, 1.82) is 0 Å². The van der Waals surface area contributed by atoms with Crippen LogP contribution in [0.5, 0.6) is 0 Å². The maximum absolute atomic E-state index is 12.2. The molecule has 8 nitrogen and oxygen atoms in total. The molecule has 164 valence electrons. The first kappa shape index (κ1) is 22.3. The first-order valence-electron chi connectivity index (χ1n) is 10.0. The molecule has 1 aliphatic carbocycles. The van der Waals surface area contributed by atoms with Crippen LogP contribution in [0.15, 0.2) is 48.5 Å². The summed E-state index contributed by atoms with van der Waals surface area (Å²) in [6.07, 6.45) is -0.662. The van der Waals surface area contributed by atoms with Crippen molar-refractivity contribution in [2.45, 2.75) is 25.3 Å². The lowest BCUT2D eigenvalue weighted by molar-refractivity contribution is -0.149. The van der Waals surface area contributed by atoms with Gasteiger partial charge in [-0.05, 0) is 29.2 Å². The quantitative estimate of drug-likeness (QED) is 0.512. The standard InChI is InChI=1S/C23H26N2O6/c1-14(20(27)25-23(2,13-26)21(28)29)11-24-22(30)31-12-19-17-9-5-3-7-15(17)16-8-4-6-10-18(16)19/h3-10,14,19,26H,11-13H2,1-2H3,(H,24,30)(H,25,27)(H,28,29). The Hall–Kier alpha value is -3.39. The molecule has 0 spiro atoms. The molecule has 0 radical (unpaired) electrons. The number of carbonyl (C=O) groups is 3. The number of fused-ring (bicyclic) bond motifs is 3. The van der Waals surface area contributed by atoms with Crippen LogP contribution in [-0.2, 0) is 14.3 Å². The second-order valence-electron chi connectivity index (χ2n) is 7.89. The van der Waals surface area contributed by atoms with Crippen molar-refractivity contribution < 1.29 is 29.3 Å². The number of alkyl carbamates (subject to hydrolysis) is 1. The fraction of sp³-hybridized carbons (Fsp3) is 0.348. The van der Waals surface area contributed by atoms with E-state index in [-0.39, 0.29) is 19.1 Å². The third kappa shape index (κ3) is 4.69. The van der Waals surface area contributed by atoms with Crippen LogP contribution in [0.25, 0.3) is 11.1 Å². The van der Waals surface area contributed by atoms with Crippen molar-refractivity contribution in [3.8, 4) is 11.1 Å². The SMILES string of the molecule is CC(CNC(=O)OCC1c2ccccc2-c2ccccc21)C(=O)NC(C)(CO)C(=O)O. The fourth-order valence-corrected chi connectivity index (χ4v) is 3.53. The average Bonchev–Trinajstić information content (AvgIpc) is 3.09. The lowest BCUT2D eigenvalue weighted by Gasteiger charge is -2.25. The lowest BCUT2D eigenvalue weighted by atomic mass is 9.98. The van der Waals surface area contributed by atoms with Crippen molar-refractivity contribution in [2.24, 2.45) is 5.92 Å². The first-order chi connectivity index (χ1) is 14.8. The molecule has 0 saturated heterocycles. The molecule has 31 heavy (non-hydrogen) atoms. The van der Waals surface area contributed by atoms with Crippen molar-refractivity contribution in [3.05, 3.63) is 59.7 Å². The van der Waals surface area contributed by atoms with E-state index in [1.165, 1.54) is 6.92 Å². The van der Waals surface area contributed by atoms with Gasteiger partial charge in [-0.3, -0.25) is 4.79 Å². The molecule has 2 aromatic carbocycles. The zero-order valence-corrected chi connectivity index (χ0v) is 17.4. The molecule has 8 heteroatoms. The molecular weight excluding hydrogens is 400 g/mol. The van der Waals surface area contributed by atoms with Gasteiger partial charge in [0.15, 0.2) is 5.54 Å². The van der Waals surface area contributed by atoms with Crippen molar-refractivity contribution in [3.63, 3.8) is 0 Å². The Morgan fingerprint density at radius 1 is 1.06 bits per heavy atom. The normalized spacial score (nSPS) is 15.2. The monoisotopic (exact) mass is 426 g/mol. The Bertz CT molecular complexity index is 946. The topological polar surface area (TPSA) is 125 Å². The Kier molecular flexibility index (Phi) is 6.60. The highest BCUT2D eigenvalue weighted by Gasteiger charge is 2.35. The lowest BCUT2D eigenvalue weighted by Crippen LogP contribution is -2.56. The first-order valence-corrected chi connectivity index (χ1v) is 10.0. The van der Waals surface area contributed by atoms with Crippen LogP contribution in [0.3, 0.4) is 0 Å². The third-order valence-electron chi connectivity index (χ3n) is 5.53. The molecule has 0 aliphatic heterocycles. The van der Waals surface area contributed by atoms with Crippen LogP contribution in [0.2, 0.25) is 0 Å². The van der Waals surface area contributed by atoms with Crippen LogP contribution in [-0.4, -0.2) is 53.5 Å². The summed E-state index contributed by atoms with van der Waals surface area (Å²) in [5.74, 6) is -2.73. The highest BCUT2D eigenvalue weighted by atomic mass is 16.5. The van der Waals surface area contributed by atoms with E-state index in [4.69, 9.17) is 9.84 Å². The summed E-state index contributed by atoms with van der Waals surface area (Å²) >= 11 is 0. The molecule has 0 saturated carbocycles. The van der Waals surface area contributed by atoms with E-state index in [9.17, 15) is 19.5 Å². The Labute approximate surface area is 180 Å². The predicted molar refractivity (Wildman–Crippen MR) is 114 cm³/mol. The highest BCUT2D eigenvalue weighted by molar-refractivity contribution is 5.88. The number of aliphatic carboxylic acids is 1. The molecule has 1 aliphatic rings. The summed E-state index contributed by atoms with van der Waals surface area (Å²) in [7, 11) is 0. The number of carboxylic acid groups (broad SMARTS) is 1. The molecule has 2 aromatic rings. The van der Waals surface area contributed by atoms with Crippen LogP contribution in [0.4, 0.5) is 4.79 Å². The average molecular weight is 426 g/mol. The van der Waals surface area contributed by atoms with E-state index < -0.39 is 36.0 Å². The Balaban J connectivity index is 1.54. The van der Waals surface area contributed by atoms with Crippen LogP contribution in [0, 0.1) is 5.92 Å². The summed E-state index contributed by atoms with van der Waals surface area (Å²) in [6.45, 7) is 2.11. The maximum atomic E-state index is 12.2. The summed E-state index contributed by atoms with van der Waals surface area (Å²) in [6, 6.07) is 16.0. The number of aliphatic hydroxyl groups excluding tert-OH is 1. The van der Waals surface area contributed by atoms with Crippen molar-refractivity contribution >= 4 is 18.0 Å². The minimum absolute atomic E-state index is 0.0381. The molecule has 2 unspecified atom stereocenters. The number of ether oxygens (including phenoxy) is 1. The molecule has 2 amide bonds. The van der Waals surface area contributed by atoms with Gasteiger partial charge in [0.25, 0.3) is 0 Å². The number of rotatable bonds is 8. The van der Waals surface area contributed by atoms with E-state index in [1.54, 1.807) is 6.92 Å². The van der Waals surface area contributed by atoms with Gasteiger partial charge < -0.3 is 25.6 Å². The van der Waals surface area contributed by atoms with Gasteiger partial charge in [0, 0.05) is 12.5 Å². The number of nitrogens with one attached hydrogen (secondary N) is 2. The summed E-state index contributed by atoms with van der Waals surface area (Å²) in [5.41, 5.74) is 2.67. The summed E-state index contributed by atoms with van der Waals surface area (Å²) < 4.78 is 5.41. The van der Waals surface area contributed by atoms with E-state index in [0.717, 1.165) is 22.3 Å². The minimum Gasteiger partial charge on any atom is -0.479 e.